The number of rotatable bonds is 4. The third-order valence-electron chi connectivity index (χ3n) is 5.02. The molecule has 2 aromatic carbocycles. The van der Waals surface area contributed by atoms with Crippen LogP contribution in [-0.2, 0) is 0 Å². The molecule has 4 rings (SSSR count). The van der Waals surface area contributed by atoms with E-state index in [1.807, 2.05) is 29.2 Å². The van der Waals surface area contributed by atoms with Gasteiger partial charge in [-0.2, -0.15) is 0 Å². The number of halogens is 2. The third kappa shape index (κ3) is 5.41. The molecule has 2 aromatic rings. The molecule has 2 fully saturated rings. The largest absolute Gasteiger partial charge is 0.335 e. The van der Waals surface area contributed by atoms with Crippen molar-refractivity contribution in [2.75, 3.05) is 25.0 Å². The SMILES string of the molecule is Cl.O=C(Nc1cccc(C(=O)N2CCNCC2c2cccc(Cl)c2)c1)NC1CC1. The average molecular weight is 435 g/mol. The van der Waals surface area contributed by atoms with Gasteiger partial charge in [-0.05, 0) is 48.7 Å². The van der Waals surface area contributed by atoms with E-state index >= 15 is 0 Å². The second-order valence-corrected chi connectivity index (χ2v) is 7.66. The first-order chi connectivity index (χ1) is 13.6. The Morgan fingerprint density at radius 1 is 1.10 bits per heavy atom. The second-order valence-electron chi connectivity index (χ2n) is 7.23. The first-order valence-electron chi connectivity index (χ1n) is 9.55. The molecule has 3 N–H and O–H groups in total. The molecule has 0 aromatic heterocycles. The second kappa shape index (κ2) is 9.48. The number of carbonyl (C=O) groups excluding carboxylic acids is 2. The monoisotopic (exact) mass is 434 g/mol. The van der Waals surface area contributed by atoms with E-state index in [9.17, 15) is 9.59 Å². The molecule has 1 saturated carbocycles. The molecule has 2 aliphatic rings. The van der Waals surface area contributed by atoms with Crippen molar-refractivity contribution in [1.82, 2.24) is 15.5 Å². The molecule has 8 heteroatoms. The predicted octanol–water partition coefficient (Wildman–Crippen LogP) is 3.83. The fourth-order valence-corrected chi connectivity index (χ4v) is 3.63. The van der Waals surface area contributed by atoms with Crippen LogP contribution >= 0.6 is 24.0 Å². The average Bonchev–Trinajstić information content (AvgIpc) is 3.51. The van der Waals surface area contributed by atoms with Gasteiger partial charge in [-0.25, -0.2) is 4.79 Å². The summed E-state index contributed by atoms with van der Waals surface area (Å²) < 4.78 is 0. The van der Waals surface area contributed by atoms with Crippen LogP contribution in [0.2, 0.25) is 5.02 Å². The van der Waals surface area contributed by atoms with Crippen molar-refractivity contribution >= 4 is 41.6 Å². The minimum Gasteiger partial charge on any atom is -0.335 e. The quantitative estimate of drug-likeness (QED) is 0.684. The van der Waals surface area contributed by atoms with Crippen molar-refractivity contribution in [2.24, 2.45) is 0 Å². The molecule has 29 heavy (non-hydrogen) atoms. The number of carbonyl (C=O) groups is 2. The van der Waals surface area contributed by atoms with E-state index < -0.39 is 0 Å². The molecule has 0 radical (unpaired) electrons. The minimum atomic E-state index is -0.230. The summed E-state index contributed by atoms with van der Waals surface area (Å²) in [4.78, 5) is 27.1. The molecule has 0 bridgehead atoms. The zero-order valence-electron chi connectivity index (χ0n) is 15.9. The van der Waals surface area contributed by atoms with E-state index in [2.05, 4.69) is 16.0 Å². The van der Waals surface area contributed by atoms with Gasteiger partial charge in [0.2, 0.25) is 0 Å². The first kappa shape index (κ1) is 21.4. The Bertz CT molecular complexity index is 888. The molecule has 6 nitrogen and oxygen atoms in total. The topological polar surface area (TPSA) is 73.5 Å². The molecule has 1 aliphatic heterocycles. The molecule has 1 atom stereocenters. The van der Waals surface area contributed by atoms with Crippen molar-refractivity contribution in [2.45, 2.75) is 24.9 Å². The Morgan fingerprint density at radius 2 is 1.90 bits per heavy atom. The number of hydrogen-bond donors (Lipinski definition) is 3. The van der Waals surface area contributed by atoms with Gasteiger partial charge in [-0.3, -0.25) is 4.79 Å². The molecular weight excluding hydrogens is 411 g/mol. The van der Waals surface area contributed by atoms with E-state index in [0.29, 0.717) is 29.4 Å². The number of anilines is 1. The number of piperazine rings is 1. The van der Waals surface area contributed by atoms with Crippen LogP contribution < -0.4 is 16.0 Å². The van der Waals surface area contributed by atoms with Crippen molar-refractivity contribution in [3.63, 3.8) is 0 Å². The molecule has 1 saturated heterocycles. The van der Waals surface area contributed by atoms with Crippen LogP contribution in [0, 0.1) is 0 Å². The van der Waals surface area contributed by atoms with E-state index in [-0.39, 0.29) is 36.4 Å². The molecular formula is C21H24Cl2N4O2. The fraction of sp³-hybridized carbons (Fsp3) is 0.333. The van der Waals surface area contributed by atoms with Crippen molar-refractivity contribution in [3.05, 3.63) is 64.7 Å². The van der Waals surface area contributed by atoms with Gasteiger partial charge in [-0.15, -0.1) is 12.4 Å². The Hall–Kier alpha value is -2.28. The zero-order chi connectivity index (χ0) is 19.5. The summed E-state index contributed by atoms with van der Waals surface area (Å²) in [6, 6.07) is 14.7. The lowest BCUT2D eigenvalue weighted by Crippen LogP contribution is -2.48. The van der Waals surface area contributed by atoms with Crippen LogP contribution in [0.15, 0.2) is 48.5 Å². The van der Waals surface area contributed by atoms with E-state index in [4.69, 9.17) is 11.6 Å². The Morgan fingerprint density at radius 3 is 2.66 bits per heavy atom. The molecule has 0 spiro atoms. The molecule has 1 heterocycles. The van der Waals surface area contributed by atoms with E-state index in [1.54, 1.807) is 24.3 Å². The number of hydrogen-bond acceptors (Lipinski definition) is 3. The Kier molecular flexibility index (Phi) is 7.00. The van der Waals surface area contributed by atoms with Crippen LogP contribution in [0.3, 0.4) is 0 Å². The van der Waals surface area contributed by atoms with Crippen LogP contribution in [0.1, 0.15) is 34.8 Å². The summed E-state index contributed by atoms with van der Waals surface area (Å²) in [6.45, 7) is 2.02. The van der Waals surface area contributed by atoms with Crippen molar-refractivity contribution < 1.29 is 9.59 Å². The molecule has 1 aliphatic carbocycles. The van der Waals surface area contributed by atoms with Gasteiger partial charge in [0, 0.05) is 41.9 Å². The highest BCUT2D eigenvalue weighted by atomic mass is 35.5. The molecule has 1 unspecified atom stereocenters. The first-order valence-corrected chi connectivity index (χ1v) is 9.93. The standard InChI is InChI=1S/C21H23ClN4O2.ClH/c22-16-5-1-3-14(11-16)19-13-23-9-10-26(19)20(27)15-4-2-6-18(12-15)25-21(28)24-17-7-8-17;/h1-6,11-12,17,19,23H,7-10,13H2,(H2,24,25,28);1H. The summed E-state index contributed by atoms with van der Waals surface area (Å²) in [6.07, 6.45) is 2.06. The third-order valence-corrected chi connectivity index (χ3v) is 5.25. The highest BCUT2D eigenvalue weighted by molar-refractivity contribution is 6.30. The van der Waals surface area contributed by atoms with Gasteiger partial charge in [-0.1, -0.05) is 29.8 Å². The number of benzene rings is 2. The van der Waals surface area contributed by atoms with E-state index in [1.165, 1.54) is 0 Å². The van der Waals surface area contributed by atoms with Gasteiger partial charge < -0.3 is 20.9 Å². The highest BCUT2D eigenvalue weighted by Crippen LogP contribution is 2.27. The maximum atomic E-state index is 13.2. The summed E-state index contributed by atoms with van der Waals surface area (Å²) in [5, 5.41) is 9.70. The highest BCUT2D eigenvalue weighted by Gasteiger charge is 2.29. The van der Waals surface area contributed by atoms with E-state index in [0.717, 1.165) is 24.9 Å². The van der Waals surface area contributed by atoms with Crippen molar-refractivity contribution in [3.8, 4) is 0 Å². The van der Waals surface area contributed by atoms with Crippen LogP contribution in [0.5, 0.6) is 0 Å². The zero-order valence-corrected chi connectivity index (χ0v) is 17.4. The van der Waals surface area contributed by atoms with Gasteiger partial charge in [0.25, 0.3) is 5.91 Å². The lowest BCUT2D eigenvalue weighted by molar-refractivity contribution is 0.0634. The lowest BCUT2D eigenvalue weighted by atomic mass is 10.0. The van der Waals surface area contributed by atoms with Gasteiger partial charge in [0.15, 0.2) is 0 Å². The number of urea groups is 1. The molecule has 3 amide bonds. The maximum absolute atomic E-state index is 13.2. The van der Waals surface area contributed by atoms with Crippen LogP contribution in [0.25, 0.3) is 0 Å². The Labute approximate surface area is 181 Å². The van der Waals surface area contributed by atoms with Crippen LogP contribution in [0.4, 0.5) is 10.5 Å². The van der Waals surface area contributed by atoms with Gasteiger partial charge in [0.05, 0.1) is 6.04 Å². The number of nitrogens with one attached hydrogen (secondary N) is 3. The Balaban J connectivity index is 0.00000240. The maximum Gasteiger partial charge on any atom is 0.319 e. The summed E-state index contributed by atoms with van der Waals surface area (Å²) in [5.74, 6) is -0.0577. The van der Waals surface area contributed by atoms with Crippen molar-refractivity contribution in [1.29, 1.82) is 0 Å². The van der Waals surface area contributed by atoms with Crippen LogP contribution in [-0.4, -0.2) is 42.5 Å². The lowest BCUT2D eigenvalue weighted by Gasteiger charge is -2.36. The predicted molar refractivity (Wildman–Crippen MR) is 117 cm³/mol. The smallest absolute Gasteiger partial charge is 0.319 e. The summed E-state index contributed by atoms with van der Waals surface area (Å²) in [7, 11) is 0. The summed E-state index contributed by atoms with van der Waals surface area (Å²) in [5.41, 5.74) is 2.17. The fourth-order valence-electron chi connectivity index (χ4n) is 3.44. The molecule has 154 valence electrons. The minimum absolute atomic E-state index is 0. The van der Waals surface area contributed by atoms with Gasteiger partial charge >= 0.3 is 6.03 Å². The number of nitrogens with zero attached hydrogens (tertiary/aromatic N) is 1. The number of amides is 3. The van der Waals surface area contributed by atoms with Gasteiger partial charge in [0.1, 0.15) is 0 Å². The summed E-state index contributed by atoms with van der Waals surface area (Å²) >= 11 is 6.15. The normalized spacial score (nSPS) is 18.5.